The Morgan fingerprint density at radius 2 is 1.52 bits per heavy atom. The topological polar surface area (TPSA) is 49.3 Å². The summed E-state index contributed by atoms with van der Waals surface area (Å²) in [5.41, 5.74) is 3.69. The van der Waals surface area contributed by atoms with E-state index in [1.165, 1.54) is 0 Å². The van der Waals surface area contributed by atoms with Gasteiger partial charge in [0.05, 0.1) is 9.13 Å². The Balaban J connectivity index is 1.77. The van der Waals surface area contributed by atoms with E-state index in [1.54, 1.807) is 6.07 Å². The summed E-state index contributed by atoms with van der Waals surface area (Å²) in [5.74, 6) is -0.366. The zero-order valence-electron chi connectivity index (χ0n) is 14.0. The van der Waals surface area contributed by atoms with Crippen molar-refractivity contribution in [2.45, 2.75) is 0 Å². The van der Waals surface area contributed by atoms with Gasteiger partial charge < -0.3 is 10.4 Å². The summed E-state index contributed by atoms with van der Waals surface area (Å²) in [7, 11) is 0. The molecule has 3 rings (SSSR count). The number of benzene rings is 3. The first-order valence-electron chi connectivity index (χ1n) is 7.90. The zero-order chi connectivity index (χ0) is 19.6. The van der Waals surface area contributed by atoms with Gasteiger partial charge in [-0.1, -0.05) is 42.4 Å². The maximum atomic E-state index is 12.5. The van der Waals surface area contributed by atoms with Gasteiger partial charge in [0.15, 0.2) is 0 Å². The number of anilines is 1. The predicted molar refractivity (Wildman–Crippen MR) is 128 cm³/mol. The molecule has 0 saturated carbocycles. The van der Waals surface area contributed by atoms with Gasteiger partial charge in [-0.2, -0.15) is 0 Å². The van der Waals surface area contributed by atoms with E-state index in [0.29, 0.717) is 14.3 Å². The van der Waals surface area contributed by atoms with Crippen LogP contribution in [0.4, 0.5) is 5.69 Å². The normalized spacial score (nSPS) is 10.5. The quantitative estimate of drug-likeness (QED) is 0.333. The lowest BCUT2D eigenvalue weighted by Gasteiger charge is -2.11. The summed E-state index contributed by atoms with van der Waals surface area (Å²) in [4.78, 5) is 12.5. The number of carbonyl (C=O) groups excluding carboxylic acids is 1. The van der Waals surface area contributed by atoms with Crippen molar-refractivity contribution in [1.29, 1.82) is 0 Å². The Morgan fingerprint density at radius 3 is 2.11 bits per heavy atom. The van der Waals surface area contributed by atoms with Crippen LogP contribution in [0.1, 0.15) is 21.5 Å². The molecule has 0 aliphatic heterocycles. The Kier molecular flexibility index (Phi) is 6.44. The molecule has 0 bridgehead atoms. The lowest BCUT2D eigenvalue weighted by Crippen LogP contribution is -2.12. The highest BCUT2D eigenvalue weighted by molar-refractivity contribution is 14.1. The summed E-state index contributed by atoms with van der Waals surface area (Å²) in [6.07, 6.45) is 0. The molecular weight excluding hydrogens is 587 g/mol. The number of rotatable bonds is 4. The standard InChI is InChI=1S/C21H14ClI2NO2/c1-12(13-2-6-15(22)7-3-13)14-4-8-17(9-5-14)25-21(27)18-10-16(23)11-19(24)20(18)26/h2-11,26H,1H2,(H,25,27). The SMILES string of the molecule is C=C(c1ccc(Cl)cc1)c1ccc(NC(=O)c2cc(I)cc(I)c2O)cc1. The lowest BCUT2D eigenvalue weighted by atomic mass is 9.99. The van der Waals surface area contributed by atoms with Crippen LogP contribution in [0, 0.1) is 7.14 Å². The third kappa shape index (κ3) is 4.83. The number of hydrogen-bond acceptors (Lipinski definition) is 2. The third-order valence-electron chi connectivity index (χ3n) is 3.96. The second-order valence-electron chi connectivity index (χ2n) is 5.80. The van der Waals surface area contributed by atoms with Crippen LogP contribution in [0.15, 0.2) is 67.2 Å². The molecule has 0 aromatic heterocycles. The van der Waals surface area contributed by atoms with Gasteiger partial charge in [0, 0.05) is 14.3 Å². The fourth-order valence-electron chi connectivity index (χ4n) is 2.51. The molecule has 3 nitrogen and oxygen atoms in total. The summed E-state index contributed by atoms with van der Waals surface area (Å²) in [5, 5.41) is 13.6. The number of phenols is 1. The maximum absolute atomic E-state index is 12.5. The molecule has 3 aromatic rings. The van der Waals surface area contributed by atoms with E-state index >= 15 is 0 Å². The Hall–Kier alpha value is -1.58. The fraction of sp³-hybridized carbons (Fsp3) is 0. The molecule has 6 heteroatoms. The third-order valence-corrected chi connectivity index (χ3v) is 5.65. The average Bonchev–Trinajstić information content (AvgIpc) is 2.65. The van der Waals surface area contributed by atoms with E-state index in [0.717, 1.165) is 20.3 Å². The summed E-state index contributed by atoms with van der Waals surface area (Å²) < 4.78 is 1.52. The number of halogens is 3. The van der Waals surface area contributed by atoms with Gasteiger partial charge in [0.1, 0.15) is 5.75 Å². The molecule has 0 heterocycles. The van der Waals surface area contributed by atoms with Gasteiger partial charge in [-0.3, -0.25) is 4.79 Å². The van der Waals surface area contributed by atoms with E-state index in [4.69, 9.17) is 11.6 Å². The van der Waals surface area contributed by atoms with Crippen LogP contribution in [0.25, 0.3) is 5.57 Å². The number of carbonyl (C=O) groups is 1. The second-order valence-corrected chi connectivity index (χ2v) is 8.64. The van der Waals surface area contributed by atoms with Crippen LogP contribution in [-0.2, 0) is 0 Å². The van der Waals surface area contributed by atoms with Crippen LogP contribution in [0.5, 0.6) is 5.75 Å². The highest BCUT2D eigenvalue weighted by Crippen LogP contribution is 2.28. The van der Waals surface area contributed by atoms with Gasteiger partial charge >= 0.3 is 0 Å². The van der Waals surface area contributed by atoms with Crippen molar-refractivity contribution < 1.29 is 9.90 Å². The number of aromatic hydroxyl groups is 1. The van der Waals surface area contributed by atoms with Crippen molar-refractivity contribution in [3.05, 3.63) is 96.1 Å². The maximum Gasteiger partial charge on any atom is 0.259 e. The predicted octanol–water partition coefficient (Wildman–Crippen LogP) is 6.57. The molecule has 136 valence electrons. The van der Waals surface area contributed by atoms with E-state index in [2.05, 4.69) is 34.5 Å². The molecule has 0 radical (unpaired) electrons. The largest absolute Gasteiger partial charge is 0.506 e. The van der Waals surface area contributed by atoms with E-state index in [1.807, 2.05) is 77.2 Å². The zero-order valence-corrected chi connectivity index (χ0v) is 19.0. The molecular formula is C21H14ClI2NO2. The van der Waals surface area contributed by atoms with Gasteiger partial charge in [-0.05, 0) is 98.3 Å². The molecule has 0 aliphatic carbocycles. The highest BCUT2D eigenvalue weighted by atomic mass is 127. The number of amides is 1. The molecule has 0 fully saturated rings. The van der Waals surface area contributed by atoms with E-state index < -0.39 is 0 Å². The Morgan fingerprint density at radius 1 is 0.963 bits per heavy atom. The Bertz CT molecular complexity index is 1020. The van der Waals surface area contributed by atoms with Crippen molar-refractivity contribution >= 4 is 74.0 Å². The van der Waals surface area contributed by atoms with Gasteiger partial charge in [0.2, 0.25) is 0 Å². The first-order valence-corrected chi connectivity index (χ1v) is 10.4. The minimum absolute atomic E-state index is 0.0127. The smallest absolute Gasteiger partial charge is 0.259 e. The van der Waals surface area contributed by atoms with Crippen molar-refractivity contribution in [2.75, 3.05) is 5.32 Å². The monoisotopic (exact) mass is 601 g/mol. The molecule has 0 spiro atoms. The van der Waals surface area contributed by atoms with E-state index in [9.17, 15) is 9.90 Å². The van der Waals surface area contributed by atoms with E-state index in [-0.39, 0.29) is 17.2 Å². The summed E-state index contributed by atoms with van der Waals surface area (Å²) in [6, 6.07) is 18.4. The van der Waals surface area contributed by atoms with Crippen LogP contribution in [-0.4, -0.2) is 11.0 Å². The number of hydrogen-bond donors (Lipinski definition) is 2. The first kappa shape index (κ1) is 20.2. The molecule has 27 heavy (non-hydrogen) atoms. The Labute approximate surface area is 189 Å². The van der Waals surface area contributed by atoms with Crippen LogP contribution >= 0.6 is 56.8 Å². The van der Waals surface area contributed by atoms with Crippen molar-refractivity contribution in [3.8, 4) is 5.75 Å². The minimum atomic E-state index is -0.354. The summed E-state index contributed by atoms with van der Waals surface area (Å²) >= 11 is 10.0. The second kappa shape index (κ2) is 8.62. The molecule has 2 N–H and O–H groups in total. The molecule has 1 amide bonds. The molecule has 0 saturated heterocycles. The molecule has 3 aromatic carbocycles. The highest BCUT2D eigenvalue weighted by Gasteiger charge is 2.15. The minimum Gasteiger partial charge on any atom is -0.506 e. The van der Waals surface area contributed by atoms with Crippen molar-refractivity contribution in [1.82, 2.24) is 0 Å². The van der Waals surface area contributed by atoms with Gasteiger partial charge in [-0.15, -0.1) is 0 Å². The van der Waals surface area contributed by atoms with Crippen molar-refractivity contribution in [3.63, 3.8) is 0 Å². The first-order chi connectivity index (χ1) is 12.8. The number of phenolic OH excluding ortho intramolecular Hbond substituents is 1. The molecule has 0 unspecified atom stereocenters. The van der Waals surface area contributed by atoms with Gasteiger partial charge in [0.25, 0.3) is 5.91 Å². The molecule has 0 aliphatic rings. The van der Waals surface area contributed by atoms with Crippen LogP contribution in [0.3, 0.4) is 0 Å². The fourth-order valence-corrected chi connectivity index (χ4v) is 4.48. The average molecular weight is 602 g/mol. The summed E-state index contributed by atoms with van der Waals surface area (Å²) in [6.45, 7) is 4.13. The van der Waals surface area contributed by atoms with Crippen LogP contribution < -0.4 is 5.32 Å². The lowest BCUT2D eigenvalue weighted by molar-refractivity contribution is 0.102. The molecule has 0 atom stereocenters. The van der Waals surface area contributed by atoms with Crippen LogP contribution in [0.2, 0.25) is 5.02 Å². The van der Waals surface area contributed by atoms with Crippen molar-refractivity contribution in [2.24, 2.45) is 0 Å². The van der Waals surface area contributed by atoms with Gasteiger partial charge in [-0.25, -0.2) is 0 Å². The number of nitrogens with one attached hydrogen (secondary N) is 1.